The molecule has 1 saturated carbocycles. The summed E-state index contributed by atoms with van der Waals surface area (Å²) in [6.07, 6.45) is 12.6. The number of nitrogens with zero attached hydrogens (tertiary/aromatic N) is 5. The Bertz CT molecular complexity index is 1330. The fraction of sp³-hybridized carbons (Fsp3) is 0.886. The van der Waals surface area contributed by atoms with E-state index in [0.717, 1.165) is 95.0 Å². The minimum atomic E-state index is -4.61. The van der Waals surface area contributed by atoms with Gasteiger partial charge in [-0.3, -0.25) is 0 Å². The number of fused-ring (bicyclic) bond motifs is 2. The third kappa shape index (κ3) is 10.5. The lowest BCUT2D eigenvalue weighted by atomic mass is 9.82. The Kier molecular flexibility index (Phi) is 14.4. The Hall–Kier alpha value is -2.49. The molecule has 286 valence electrons. The van der Waals surface area contributed by atoms with Gasteiger partial charge in [-0.1, -0.05) is 66.2 Å². The van der Waals surface area contributed by atoms with Gasteiger partial charge in [0.1, 0.15) is 11.6 Å². The molecule has 1 aliphatic carbocycles. The summed E-state index contributed by atoms with van der Waals surface area (Å²) >= 11 is 0. The molecule has 1 unspecified atom stereocenters. The van der Waals surface area contributed by atoms with Crippen molar-refractivity contribution in [2.45, 2.75) is 186 Å². The molecule has 3 aliphatic rings. The molecule has 15 heteroatoms. The molecule has 2 atom stereocenters. The van der Waals surface area contributed by atoms with Gasteiger partial charge < -0.3 is 19.4 Å². The van der Waals surface area contributed by atoms with E-state index in [1.165, 1.54) is 0 Å². The second-order valence-electron chi connectivity index (χ2n) is 15.4. The van der Waals surface area contributed by atoms with Crippen molar-refractivity contribution in [1.29, 1.82) is 0 Å². The highest BCUT2D eigenvalue weighted by Gasteiger charge is 2.50. The maximum absolute atomic E-state index is 13.7. The zero-order valence-electron chi connectivity index (χ0n) is 31.4. The molecule has 1 aromatic rings. The van der Waals surface area contributed by atoms with Gasteiger partial charge in [-0.15, -0.1) is 14.5 Å². The summed E-state index contributed by atoms with van der Waals surface area (Å²) in [6, 6.07) is -1.47. The predicted octanol–water partition coefficient (Wildman–Crippen LogP) is 7.69. The first kappa shape index (κ1) is 40.3. The maximum atomic E-state index is 13.7. The molecule has 2 saturated heterocycles. The first-order valence-corrected chi connectivity index (χ1v) is 20.4. The van der Waals surface area contributed by atoms with Crippen LogP contribution in [0.1, 0.15) is 175 Å². The molecule has 3 fully saturated rings. The number of hydrogen-bond donors (Lipinski definition) is 1. The smallest absolute Gasteiger partial charge is 0.437 e. The Morgan fingerprint density at radius 2 is 1.54 bits per heavy atom. The quantitative estimate of drug-likeness (QED) is 0.139. The van der Waals surface area contributed by atoms with Crippen molar-refractivity contribution in [3.05, 3.63) is 11.8 Å². The SMILES string of the molecule is CCCCN(OS(=O)(=O)ON1C(=O)N2CC1CC[C@H]2c1nnc(C2CCC(NC(=O)OC(C)(C)C)CC2)o1)C(CCC)(CCCC)CCCC. The first-order chi connectivity index (χ1) is 23.7. The van der Waals surface area contributed by atoms with E-state index < -0.39 is 45.7 Å². The summed E-state index contributed by atoms with van der Waals surface area (Å²) in [5, 5.41) is 14.2. The van der Waals surface area contributed by atoms with E-state index in [-0.39, 0.29) is 18.5 Å². The number of unbranched alkanes of at least 4 members (excludes halogenated alkanes) is 3. The molecule has 0 radical (unpaired) electrons. The fourth-order valence-electron chi connectivity index (χ4n) is 7.60. The largest absolute Gasteiger partial charge is 0.444 e. The van der Waals surface area contributed by atoms with Crippen molar-refractivity contribution in [3.8, 4) is 0 Å². The highest BCUT2D eigenvalue weighted by atomic mass is 32.3. The van der Waals surface area contributed by atoms with Crippen LogP contribution >= 0.6 is 0 Å². The summed E-state index contributed by atoms with van der Waals surface area (Å²) in [7, 11) is -4.61. The Morgan fingerprint density at radius 3 is 2.14 bits per heavy atom. The van der Waals surface area contributed by atoms with Crippen LogP contribution in [0.25, 0.3) is 0 Å². The molecule has 0 aromatic carbocycles. The minimum Gasteiger partial charge on any atom is -0.444 e. The van der Waals surface area contributed by atoms with Crippen LogP contribution in [0, 0.1) is 0 Å². The summed E-state index contributed by atoms with van der Waals surface area (Å²) < 4.78 is 50.1. The lowest BCUT2D eigenvalue weighted by Crippen LogP contribution is -2.51. The number of ether oxygens (including phenoxy) is 1. The minimum absolute atomic E-state index is 0.0155. The number of piperidine rings is 1. The van der Waals surface area contributed by atoms with Crippen LogP contribution in [0.5, 0.6) is 0 Å². The van der Waals surface area contributed by atoms with Crippen molar-refractivity contribution in [2.24, 2.45) is 0 Å². The van der Waals surface area contributed by atoms with Crippen molar-refractivity contribution in [3.63, 3.8) is 0 Å². The Labute approximate surface area is 299 Å². The molecule has 3 amide bonds. The number of carbonyl (C=O) groups excluding carboxylic acids is 2. The number of amides is 3. The number of alkyl carbamates (subject to hydrolysis) is 1. The van der Waals surface area contributed by atoms with Crippen LogP contribution in [0.4, 0.5) is 9.59 Å². The molecule has 4 rings (SSSR count). The summed E-state index contributed by atoms with van der Waals surface area (Å²) in [5.41, 5.74) is -0.990. The lowest BCUT2D eigenvalue weighted by Gasteiger charge is -2.43. The topological polar surface area (TPSA) is 157 Å². The van der Waals surface area contributed by atoms with Crippen molar-refractivity contribution in [2.75, 3.05) is 13.1 Å². The highest BCUT2D eigenvalue weighted by molar-refractivity contribution is 7.81. The normalized spacial score (nSPS) is 23.2. The van der Waals surface area contributed by atoms with Gasteiger partial charge >= 0.3 is 22.5 Å². The lowest BCUT2D eigenvalue weighted by molar-refractivity contribution is -0.172. The highest BCUT2D eigenvalue weighted by Crippen LogP contribution is 2.41. The van der Waals surface area contributed by atoms with Gasteiger partial charge in [0, 0.05) is 30.6 Å². The van der Waals surface area contributed by atoms with Gasteiger partial charge in [-0.2, -0.15) is 22.8 Å². The molecule has 2 bridgehead atoms. The Balaban J connectivity index is 1.40. The standard InChI is InChI=1S/C35H62N6O8S/c1-8-12-22-35(21-11-4,23-13-9-2)40(24-14-10-3)48-50(44,45)49-41-28-19-20-29(39(25-28)33(41)43)31-38-37-30(46-31)26-15-17-27(18-16-26)36-32(42)47-34(5,6)7/h26-29H,8-25H2,1-7H3,(H,36,42)/t26?,27?,28?,29-/m0/s1. The molecule has 0 spiro atoms. The van der Waals surface area contributed by atoms with Crippen LogP contribution in [-0.4, -0.2) is 82.1 Å². The van der Waals surface area contributed by atoms with E-state index in [0.29, 0.717) is 31.2 Å². The van der Waals surface area contributed by atoms with E-state index in [1.54, 1.807) is 9.96 Å². The van der Waals surface area contributed by atoms with Crippen LogP contribution < -0.4 is 5.32 Å². The predicted molar refractivity (Wildman–Crippen MR) is 188 cm³/mol. The number of carbonyl (C=O) groups is 2. The van der Waals surface area contributed by atoms with E-state index in [2.05, 4.69) is 43.2 Å². The van der Waals surface area contributed by atoms with Gasteiger partial charge in [0.15, 0.2) is 0 Å². The van der Waals surface area contributed by atoms with Gasteiger partial charge in [0.2, 0.25) is 11.8 Å². The van der Waals surface area contributed by atoms with Gasteiger partial charge in [0.25, 0.3) is 0 Å². The fourth-order valence-corrected chi connectivity index (χ4v) is 8.46. The van der Waals surface area contributed by atoms with Crippen LogP contribution in [0.2, 0.25) is 0 Å². The number of hydroxylamine groups is 4. The van der Waals surface area contributed by atoms with Crippen LogP contribution in [0.15, 0.2) is 4.42 Å². The molecule has 3 heterocycles. The van der Waals surface area contributed by atoms with Gasteiger partial charge in [0.05, 0.1) is 6.04 Å². The zero-order valence-corrected chi connectivity index (χ0v) is 32.3. The van der Waals surface area contributed by atoms with Gasteiger partial charge in [-0.25, -0.2) is 9.59 Å². The summed E-state index contributed by atoms with van der Waals surface area (Å²) in [6.45, 7) is 14.7. The summed E-state index contributed by atoms with van der Waals surface area (Å²) in [5.74, 6) is 0.900. The summed E-state index contributed by atoms with van der Waals surface area (Å²) in [4.78, 5) is 27.4. The first-order valence-electron chi connectivity index (χ1n) is 19.1. The van der Waals surface area contributed by atoms with E-state index in [9.17, 15) is 18.0 Å². The molecule has 2 aliphatic heterocycles. The molecule has 14 nitrogen and oxygen atoms in total. The number of aromatic nitrogens is 2. The number of rotatable bonds is 19. The van der Waals surface area contributed by atoms with Gasteiger partial charge in [-0.05, 0) is 85.0 Å². The third-order valence-electron chi connectivity index (χ3n) is 10.2. The number of hydrogen-bond acceptors (Lipinski definition) is 11. The van der Waals surface area contributed by atoms with Crippen molar-refractivity contribution in [1.82, 2.24) is 30.5 Å². The second kappa shape index (κ2) is 17.8. The Morgan fingerprint density at radius 1 is 0.900 bits per heavy atom. The average molecular weight is 727 g/mol. The number of nitrogens with one attached hydrogen (secondary N) is 1. The second-order valence-corrected chi connectivity index (χ2v) is 16.5. The monoisotopic (exact) mass is 726 g/mol. The third-order valence-corrected chi connectivity index (χ3v) is 10.9. The van der Waals surface area contributed by atoms with E-state index >= 15 is 0 Å². The van der Waals surface area contributed by atoms with E-state index in [1.807, 2.05) is 20.8 Å². The molecular weight excluding hydrogens is 664 g/mol. The molecule has 50 heavy (non-hydrogen) atoms. The van der Waals surface area contributed by atoms with Crippen LogP contribution in [0.3, 0.4) is 0 Å². The molecular formula is C35H62N6O8S. The average Bonchev–Trinajstić information content (AvgIpc) is 3.64. The maximum Gasteiger partial charge on any atom is 0.437 e. The zero-order chi connectivity index (χ0) is 36.5. The molecule has 1 N–H and O–H groups in total. The van der Waals surface area contributed by atoms with Crippen LogP contribution in [-0.2, 0) is 23.7 Å². The van der Waals surface area contributed by atoms with E-state index in [4.69, 9.17) is 17.7 Å². The van der Waals surface area contributed by atoms with Crippen molar-refractivity contribution >= 4 is 22.5 Å². The number of urea groups is 1. The molecule has 1 aromatic heterocycles. The van der Waals surface area contributed by atoms with Crippen molar-refractivity contribution < 1.29 is 35.7 Å².